The maximum absolute atomic E-state index is 6.74. The Balaban J connectivity index is 1.61. The second-order valence-corrected chi connectivity index (χ2v) is 9.66. The third-order valence-corrected chi connectivity index (χ3v) is 7.63. The van der Waals surface area contributed by atoms with Gasteiger partial charge < -0.3 is 9.47 Å². The summed E-state index contributed by atoms with van der Waals surface area (Å²) in [6.07, 6.45) is 5.44. The van der Waals surface area contributed by atoms with Crippen LogP contribution in [0.25, 0.3) is 11.1 Å². The van der Waals surface area contributed by atoms with Gasteiger partial charge in [-0.1, -0.05) is 30.8 Å². The maximum Gasteiger partial charge on any atom is 0.219 e. The van der Waals surface area contributed by atoms with Crippen LogP contribution in [-0.2, 0) is 21.7 Å². The van der Waals surface area contributed by atoms with Crippen LogP contribution < -0.4 is 4.74 Å². The van der Waals surface area contributed by atoms with Crippen molar-refractivity contribution in [3.05, 3.63) is 65.7 Å². The molecule has 1 aliphatic heterocycles. The van der Waals surface area contributed by atoms with Crippen molar-refractivity contribution in [1.29, 1.82) is 0 Å². The van der Waals surface area contributed by atoms with E-state index in [1.807, 2.05) is 31.2 Å². The SMILES string of the molecule is C=C(C)C1=NC2(ON1C)c1cc(-c3cccc(OC)c3)ccc1CC21CCC(OCC)CC1. The van der Waals surface area contributed by atoms with E-state index in [1.54, 1.807) is 7.11 Å². The van der Waals surface area contributed by atoms with Crippen LogP contribution in [0.4, 0.5) is 0 Å². The number of rotatable bonds is 5. The van der Waals surface area contributed by atoms with Crippen LogP contribution in [0.2, 0.25) is 0 Å². The molecule has 0 amide bonds. The van der Waals surface area contributed by atoms with Gasteiger partial charge in [0.05, 0.1) is 13.2 Å². The van der Waals surface area contributed by atoms with Gasteiger partial charge >= 0.3 is 0 Å². The smallest absolute Gasteiger partial charge is 0.219 e. The molecule has 5 rings (SSSR count). The van der Waals surface area contributed by atoms with Gasteiger partial charge in [-0.3, -0.25) is 0 Å². The molecule has 3 aliphatic rings. The number of hydrogen-bond acceptors (Lipinski definition) is 5. The van der Waals surface area contributed by atoms with Crippen molar-refractivity contribution < 1.29 is 14.3 Å². The first-order chi connectivity index (χ1) is 15.9. The number of nitrogens with zero attached hydrogens (tertiary/aromatic N) is 2. The Morgan fingerprint density at radius 2 is 1.94 bits per heavy atom. The van der Waals surface area contributed by atoms with E-state index in [2.05, 4.69) is 43.8 Å². The quantitative estimate of drug-likeness (QED) is 0.575. The zero-order valence-corrected chi connectivity index (χ0v) is 20.2. The lowest BCUT2D eigenvalue weighted by atomic mass is 9.66. The number of likely N-dealkylation sites (N-methyl/N-ethyl adjacent to an activating group) is 1. The van der Waals surface area contributed by atoms with E-state index in [4.69, 9.17) is 19.3 Å². The summed E-state index contributed by atoms with van der Waals surface area (Å²) in [5.74, 6) is 1.69. The number of aliphatic imine (C=N–C) groups is 1. The molecule has 0 bridgehead atoms. The molecule has 1 heterocycles. The summed E-state index contributed by atoms with van der Waals surface area (Å²) in [5, 5.41) is 1.83. The highest BCUT2D eigenvalue weighted by Gasteiger charge is 2.63. The number of hydroxylamine groups is 2. The van der Waals surface area contributed by atoms with Crippen molar-refractivity contribution >= 4 is 5.84 Å². The number of benzene rings is 2. The lowest BCUT2D eigenvalue weighted by molar-refractivity contribution is -0.232. The largest absolute Gasteiger partial charge is 0.497 e. The van der Waals surface area contributed by atoms with Crippen molar-refractivity contribution in [2.24, 2.45) is 10.4 Å². The maximum atomic E-state index is 6.74. The van der Waals surface area contributed by atoms with Crippen molar-refractivity contribution in [2.75, 3.05) is 20.8 Å². The van der Waals surface area contributed by atoms with Gasteiger partial charge in [-0.15, -0.1) is 0 Å². The van der Waals surface area contributed by atoms with Gasteiger partial charge in [0, 0.05) is 24.6 Å². The van der Waals surface area contributed by atoms with E-state index in [1.165, 1.54) is 11.1 Å². The van der Waals surface area contributed by atoms with Crippen molar-refractivity contribution in [3.63, 3.8) is 0 Å². The summed E-state index contributed by atoms with van der Waals surface area (Å²) in [4.78, 5) is 12.1. The second kappa shape index (κ2) is 8.30. The van der Waals surface area contributed by atoms with Crippen LogP contribution in [0.3, 0.4) is 0 Å². The van der Waals surface area contributed by atoms with Gasteiger partial charge in [0.1, 0.15) is 5.75 Å². The van der Waals surface area contributed by atoms with Crippen molar-refractivity contribution in [1.82, 2.24) is 5.06 Å². The Morgan fingerprint density at radius 3 is 2.61 bits per heavy atom. The summed E-state index contributed by atoms with van der Waals surface area (Å²) in [7, 11) is 3.65. The normalized spacial score (nSPS) is 28.3. The number of methoxy groups -OCH3 is 1. The molecule has 1 saturated carbocycles. The van der Waals surface area contributed by atoms with E-state index in [0.717, 1.165) is 67.0 Å². The Bertz CT molecular complexity index is 1100. The summed E-state index contributed by atoms with van der Waals surface area (Å²) >= 11 is 0. The average molecular weight is 447 g/mol. The Hall–Kier alpha value is -2.63. The van der Waals surface area contributed by atoms with Crippen LogP contribution in [0.5, 0.6) is 5.75 Å². The van der Waals surface area contributed by atoms with E-state index in [0.29, 0.717) is 6.10 Å². The summed E-state index contributed by atoms with van der Waals surface area (Å²) in [6.45, 7) is 9.01. The Kier molecular flexibility index (Phi) is 5.58. The minimum atomic E-state index is -0.725. The van der Waals surface area contributed by atoms with Crippen LogP contribution in [0.1, 0.15) is 50.7 Å². The van der Waals surface area contributed by atoms with Crippen LogP contribution in [0.15, 0.2) is 59.6 Å². The predicted molar refractivity (Wildman–Crippen MR) is 131 cm³/mol. The first kappa shape index (κ1) is 22.2. The third-order valence-electron chi connectivity index (χ3n) is 7.63. The van der Waals surface area contributed by atoms with Gasteiger partial charge in [0.2, 0.25) is 5.72 Å². The van der Waals surface area contributed by atoms with Gasteiger partial charge in [-0.25, -0.2) is 14.9 Å². The van der Waals surface area contributed by atoms with Crippen LogP contribution in [-0.4, -0.2) is 37.8 Å². The van der Waals surface area contributed by atoms with E-state index >= 15 is 0 Å². The standard InChI is InChI=1S/C28H34N2O3/c1-6-32-23-12-14-27(15-13-23)18-22-11-10-21(20-8-7-9-24(16-20)31-5)17-25(22)28(27)29-26(19(2)3)30(4)33-28/h7-11,16-17,23H,2,6,12-15,18H2,1,3-5H3. The highest BCUT2D eigenvalue weighted by Crippen LogP contribution is 2.62. The molecule has 33 heavy (non-hydrogen) atoms. The topological polar surface area (TPSA) is 43.3 Å². The molecular weight excluding hydrogens is 412 g/mol. The fourth-order valence-corrected chi connectivity index (χ4v) is 6.03. The van der Waals surface area contributed by atoms with Gasteiger partial charge in [0.25, 0.3) is 0 Å². The minimum Gasteiger partial charge on any atom is -0.497 e. The summed E-state index contributed by atoms with van der Waals surface area (Å²) in [5.41, 5.74) is 4.90. The third kappa shape index (κ3) is 3.49. The van der Waals surface area contributed by atoms with Gasteiger partial charge in [-0.2, -0.15) is 0 Å². The summed E-state index contributed by atoms with van der Waals surface area (Å²) in [6, 6.07) is 15.0. The molecule has 1 atom stereocenters. The molecule has 2 aromatic rings. The fourth-order valence-electron chi connectivity index (χ4n) is 6.03. The van der Waals surface area contributed by atoms with Crippen LogP contribution in [0, 0.1) is 5.41 Å². The lowest BCUT2D eigenvalue weighted by Gasteiger charge is -2.45. The number of hydrogen-bond donors (Lipinski definition) is 0. The van der Waals surface area contributed by atoms with E-state index < -0.39 is 5.72 Å². The summed E-state index contributed by atoms with van der Waals surface area (Å²) < 4.78 is 11.4. The average Bonchev–Trinajstić information content (AvgIpc) is 3.31. The van der Waals surface area contributed by atoms with Gasteiger partial charge in [-0.05, 0) is 86.4 Å². The van der Waals surface area contributed by atoms with Crippen molar-refractivity contribution in [2.45, 2.75) is 57.8 Å². The van der Waals surface area contributed by atoms with Gasteiger partial charge in [0.15, 0.2) is 5.84 Å². The molecule has 5 nitrogen and oxygen atoms in total. The highest BCUT2D eigenvalue weighted by atomic mass is 16.7. The molecule has 1 unspecified atom stereocenters. The number of amidine groups is 1. The predicted octanol–water partition coefficient (Wildman–Crippen LogP) is 5.89. The monoisotopic (exact) mass is 446 g/mol. The number of fused-ring (bicyclic) bond motifs is 3. The molecule has 2 aromatic carbocycles. The molecule has 174 valence electrons. The fraction of sp³-hybridized carbons (Fsp3) is 0.464. The zero-order valence-electron chi connectivity index (χ0n) is 20.2. The zero-order chi connectivity index (χ0) is 23.2. The first-order valence-electron chi connectivity index (χ1n) is 12.0. The van der Waals surface area contributed by atoms with Crippen LogP contribution >= 0.6 is 0 Å². The molecule has 0 radical (unpaired) electrons. The molecule has 2 aliphatic carbocycles. The lowest BCUT2D eigenvalue weighted by Crippen LogP contribution is -2.46. The molecule has 0 N–H and O–H groups in total. The molecule has 2 spiro atoms. The molecule has 1 fully saturated rings. The Labute approximate surface area is 197 Å². The van der Waals surface area contributed by atoms with Crippen molar-refractivity contribution in [3.8, 4) is 16.9 Å². The first-order valence-corrected chi connectivity index (χ1v) is 12.0. The highest BCUT2D eigenvalue weighted by molar-refractivity contribution is 5.97. The second-order valence-electron chi connectivity index (χ2n) is 9.66. The van der Waals surface area contributed by atoms with E-state index in [9.17, 15) is 0 Å². The molecule has 0 aromatic heterocycles. The molecule has 5 heteroatoms. The molecule has 0 saturated heterocycles. The Morgan fingerprint density at radius 1 is 1.18 bits per heavy atom. The van der Waals surface area contributed by atoms with E-state index in [-0.39, 0.29) is 5.41 Å². The number of ether oxygens (including phenoxy) is 2. The molecular formula is C28H34N2O3. The minimum absolute atomic E-state index is 0.0819.